The molecule has 0 heterocycles. The van der Waals surface area contributed by atoms with Crippen molar-refractivity contribution in [2.45, 2.75) is 32.9 Å². The summed E-state index contributed by atoms with van der Waals surface area (Å²) < 4.78 is 10.5. The summed E-state index contributed by atoms with van der Waals surface area (Å²) in [6.45, 7) is 6.21. The Labute approximate surface area is 113 Å². The zero-order chi connectivity index (χ0) is 14.3. The van der Waals surface area contributed by atoms with E-state index in [0.717, 1.165) is 11.1 Å². The van der Waals surface area contributed by atoms with Crippen molar-refractivity contribution >= 4 is 5.97 Å². The third kappa shape index (κ3) is 4.31. The van der Waals surface area contributed by atoms with Gasteiger partial charge in [0.25, 0.3) is 0 Å². The highest BCUT2D eigenvalue weighted by Crippen LogP contribution is 2.22. The maximum Gasteiger partial charge on any atom is 0.328 e. The molecule has 0 aliphatic heterocycles. The summed E-state index contributed by atoms with van der Waals surface area (Å²) in [5.74, 6) is -0.538. The van der Waals surface area contributed by atoms with Gasteiger partial charge in [0.2, 0.25) is 0 Å². The van der Waals surface area contributed by atoms with E-state index < -0.39 is 18.1 Å². The smallest absolute Gasteiger partial charge is 0.328 e. The fraction of sp³-hybridized carbons (Fsp3) is 0.500. The topological polar surface area (TPSA) is 67.8 Å². The van der Waals surface area contributed by atoms with Crippen LogP contribution in [0.3, 0.4) is 0 Å². The van der Waals surface area contributed by atoms with Gasteiger partial charge < -0.3 is 14.7 Å². The van der Waals surface area contributed by atoms with Crippen LogP contribution in [0.25, 0.3) is 0 Å². The Balaban J connectivity index is 2.96. The fourth-order valence-electron chi connectivity index (χ4n) is 1.80. The highest BCUT2D eigenvalue weighted by atomic mass is 16.6. The van der Waals surface area contributed by atoms with Crippen LogP contribution in [-0.4, -0.2) is 30.4 Å². The van der Waals surface area contributed by atoms with Gasteiger partial charge in [-0.1, -0.05) is 29.8 Å². The summed E-state index contributed by atoms with van der Waals surface area (Å²) in [4.78, 5) is 11.8. The molecule has 5 nitrogen and oxygen atoms in total. The molecule has 0 bridgehead atoms. The predicted octanol–water partition coefficient (Wildman–Crippen LogP) is 1.98. The zero-order valence-corrected chi connectivity index (χ0v) is 11.6. The lowest BCUT2D eigenvalue weighted by Crippen LogP contribution is -2.42. The predicted molar refractivity (Wildman–Crippen MR) is 70.9 cm³/mol. The molecule has 1 rings (SSSR count). The molecule has 0 radical (unpaired) electrons. The Bertz CT molecular complexity index is 391. The molecule has 0 aromatic heterocycles. The minimum Gasteiger partial charge on any atom is -0.465 e. The molecule has 106 valence electrons. The number of carbonyl (C=O) groups is 1. The van der Waals surface area contributed by atoms with Gasteiger partial charge in [-0.15, -0.1) is 0 Å². The molecular weight excluding hydrogens is 246 g/mol. The molecule has 0 fully saturated rings. The Hall–Kier alpha value is -1.43. The van der Waals surface area contributed by atoms with Crippen LogP contribution in [0.15, 0.2) is 24.3 Å². The molecular formula is C14H21NO4. The molecule has 19 heavy (non-hydrogen) atoms. The van der Waals surface area contributed by atoms with Crippen molar-refractivity contribution in [1.29, 1.82) is 0 Å². The maximum absolute atomic E-state index is 11.8. The Morgan fingerprint density at radius 2 is 1.89 bits per heavy atom. The van der Waals surface area contributed by atoms with Crippen LogP contribution >= 0.6 is 0 Å². The summed E-state index contributed by atoms with van der Waals surface area (Å²) in [6.07, 6.45) is -0.588. The van der Waals surface area contributed by atoms with Crippen molar-refractivity contribution < 1.29 is 19.5 Å². The SMILES string of the molecule is CCOC(=O)C(NO)C(OCC)c1ccc(C)cc1. The molecule has 0 saturated carbocycles. The lowest BCUT2D eigenvalue weighted by atomic mass is 10.0. The standard InChI is InChI=1S/C14H21NO4/c1-4-18-13(11-8-6-10(3)7-9-11)12(15-17)14(16)19-5-2/h6-9,12-13,15,17H,4-5H2,1-3H3. The van der Waals surface area contributed by atoms with E-state index in [1.54, 1.807) is 6.92 Å². The number of benzene rings is 1. The second-order valence-corrected chi connectivity index (χ2v) is 4.15. The van der Waals surface area contributed by atoms with Crippen molar-refractivity contribution in [1.82, 2.24) is 5.48 Å². The Kier molecular flexibility index (Phi) is 6.49. The molecule has 5 heteroatoms. The second-order valence-electron chi connectivity index (χ2n) is 4.15. The monoisotopic (exact) mass is 267 g/mol. The number of hydrogen-bond acceptors (Lipinski definition) is 5. The lowest BCUT2D eigenvalue weighted by molar-refractivity contribution is -0.154. The summed E-state index contributed by atoms with van der Waals surface area (Å²) in [7, 11) is 0. The second kappa shape index (κ2) is 7.89. The van der Waals surface area contributed by atoms with Gasteiger partial charge in [-0.05, 0) is 26.3 Å². The molecule has 0 aliphatic carbocycles. The molecule has 1 aromatic rings. The number of nitrogens with one attached hydrogen (secondary N) is 1. The van der Waals surface area contributed by atoms with Crippen LogP contribution in [0.1, 0.15) is 31.1 Å². The van der Waals surface area contributed by atoms with Crippen LogP contribution in [0.5, 0.6) is 0 Å². The summed E-state index contributed by atoms with van der Waals surface area (Å²) in [5, 5.41) is 9.21. The van der Waals surface area contributed by atoms with E-state index in [9.17, 15) is 10.0 Å². The van der Waals surface area contributed by atoms with Gasteiger partial charge in [-0.3, -0.25) is 4.79 Å². The minimum absolute atomic E-state index is 0.254. The number of hydrogen-bond donors (Lipinski definition) is 2. The van der Waals surface area contributed by atoms with E-state index in [0.29, 0.717) is 6.61 Å². The van der Waals surface area contributed by atoms with Gasteiger partial charge in [0.05, 0.1) is 6.61 Å². The van der Waals surface area contributed by atoms with Crippen LogP contribution in [0.2, 0.25) is 0 Å². The number of carbonyl (C=O) groups excluding carboxylic acids is 1. The van der Waals surface area contributed by atoms with E-state index in [2.05, 4.69) is 0 Å². The number of ether oxygens (including phenoxy) is 2. The molecule has 2 atom stereocenters. The molecule has 0 amide bonds. The normalized spacial score (nSPS) is 13.9. The summed E-state index contributed by atoms with van der Waals surface area (Å²) >= 11 is 0. The number of rotatable bonds is 7. The lowest BCUT2D eigenvalue weighted by Gasteiger charge is -2.24. The third-order valence-electron chi connectivity index (χ3n) is 2.73. The van der Waals surface area contributed by atoms with E-state index >= 15 is 0 Å². The van der Waals surface area contributed by atoms with Crippen molar-refractivity contribution in [3.8, 4) is 0 Å². The van der Waals surface area contributed by atoms with E-state index in [1.165, 1.54) is 0 Å². The first-order valence-corrected chi connectivity index (χ1v) is 6.38. The Morgan fingerprint density at radius 3 is 2.37 bits per heavy atom. The summed E-state index contributed by atoms with van der Waals surface area (Å²) in [6, 6.07) is 6.67. The van der Waals surface area contributed by atoms with Crippen molar-refractivity contribution in [3.63, 3.8) is 0 Å². The highest BCUT2D eigenvalue weighted by Gasteiger charge is 2.31. The average Bonchev–Trinajstić information content (AvgIpc) is 2.40. The van der Waals surface area contributed by atoms with Crippen molar-refractivity contribution in [3.05, 3.63) is 35.4 Å². The van der Waals surface area contributed by atoms with Gasteiger partial charge in [0.15, 0.2) is 6.04 Å². The minimum atomic E-state index is -0.942. The fourth-order valence-corrected chi connectivity index (χ4v) is 1.80. The van der Waals surface area contributed by atoms with Gasteiger partial charge in [0.1, 0.15) is 6.10 Å². The zero-order valence-electron chi connectivity index (χ0n) is 11.6. The van der Waals surface area contributed by atoms with Crippen LogP contribution in [-0.2, 0) is 14.3 Å². The molecule has 2 N–H and O–H groups in total. The van der Waals surface area contributed by atoms with Crippen LogP contribution < -0.4 is 5.48 Å². The first-order chi connectivity index (χ1) is 9.13. The number of aryl methyl sites for hydroxylation is 1. The number of hydroxylamine groups is 1. The quantitative estimate of drug-likeness (QED) is 0.584. The number of esters is 1. The van der Waals surface area contributed by atoms with Crippen LogP contribution in [0.4, 0.5) is 0 Å². The van der Waals surface area contributed by atoms with Gasteiger partial charge in [-0.25, -0.2) is 0 Å². The molecule has 2 unspecified atom stereocenters. The third-order valence-corrected chi connectivity index (χ3v) is 2.73. The molecule has 0 aliphatic rings. The largest absolute Gasteiger partial charge is 0.465 e. The average molecular weight is 267 g/mol. The highest BCUT2D eigenvalue weighted by molar-refractivity contribution is 5.76. The first kappa shape index (κ1) is 15.6. The molecule has 0 spiro atoms. The van der Waals surface area contributed by atoms with Gasteiger partial charge in [0, 0.05) is 6.61 Å². The van der Waals surface area contributed by atoms with E-state index in [-0.39, 0.29) is 6.61 Å². The molecule has 1 aromatic carbocycles. The van der Waals surface area contributed by atoms with E-state index in [4.69, 9.17) is 9.47 Å². The summed E-state index contributed by atoms with van der Waals surface area (Å²) in [5.41, 5.74) is 3.91. The van der Waals surface area contributed by atoms with Crippen LogP contribution in [0, 0.1) is 6.92 Å². The Morgan fingerprint density at radius 1 is 1.26 bits per heavy atom. The van der Waals surface area contributed by atoms with Crippen molar-refractivity contribution in [2.75, 3.05) is 13.2 Å². The first-order valence-electron chi connectivity index (χ1n) is 6.38. The van der Waals surface area contributed by atoms with E-state index in [1.807, 2.05) is 43.6 Å². The maximum atomic E-state index is 11.8. The van der Waals surface area contributed by atoms with Gasteiger partial charge in [-0.2, -0.15) is 5.48 Å². The van der Waals surface area contributed by atoms with Gasteiger partial charge >= 0.3 is 5.97 Å². The molecule has 0 saturated heterocycles. The van der Waals surface area contributed by atoms with Crippen molar-refractivity contribution in [2.24, 2.45) is 0 Å².